The second kappa shape index (κ2) is 4.95. The second-order valence-corrected chi connectivity index (χ2v) is 3.78. The Kier molecular flexibility index (Phi) is 3.38. The van der Waals surface area contributed by atoms with Gasteiger partial charge < -0.3 is 4.74 Å². The van der Waals surface area contributed by atoms with E-state index in [1.807, 2.05) is 36.4 Å². The van der Waals surface area contributed by atoms with Crippen LogP contribution in [0.15, 0.2) is 35.3 Å². The number of carbonyl (C=O) groups is 1. The molecule has 1 unspecified atom stereocenters. The summed E-state index contributed by atoms with van der Waals surface area (Å²) in [5.41, 5.74) is 2.88. The second-order valence-electron chi connectivity index (χ2n) is 3.78. The minimum absolute atomic E-state index is 0.237. The third kappa shape index (κ3) is 2.13. The highest BCUT2D eigenvalue weighted by atomic mass is 16.5. The summed E-state index contributed by atoms with van der Waals surface area (Å²) >= 11 is 0. The molecule has 2 rings (SSSR count). The van der Waals surface area contributed by atoms with Gasteiger partial charge in [0.15, 0.2) is 0 Å². The maximum absolute atomic E-state index is 11.8. The van der Waals surface area contributed by atoms with Crippen molar-refractivity contribution >= 4 is 17.8 Å². The average molecular weight is 229 g/mol. The predicted octanol–water partition coefficient (Wildman–Crippen LogP) is 2.31. The molecule has 1 atom stereocenters. The zero-order chi connectivity index (χ0) is 12.3. The molecular formula is C14H15NO2. The Morgan fingerprint density at radius 2 is 2.18 bits per heavy atom. The van der Waals surface area contributed by atoms with Crippen LogP contribution in [0.4, 0.5) is 0 Å². The summed E-state index contributed by atoms with van der Waals surface area (Å²) in [4.78, 5) is 16.1. The average Bonchev–Trinajstić information content (AvgIpc) is 2.37. The Labute approximate surface area is 101 Å². The number of fused-ring (bicyclic) bond motifs is 1. The molecule has 0 bridgehead atoms. The molecule has 0 amide bonds. The Bertz CT molecular complexity index is 489. The summed E-state index contributed by atoms with van der Waals surface area (Å²) < 4.78 is 5.06. The molecule has 0 spiro atoms. The van der Waals surface area contributed by atoms with Gasteiger partial charge in [-0.3, -0.25) is 9.79 Å². The highest BCUT2D eigenvalue weighted by Gasteiger charge is 2.27. The standard InChI is InChI=1S/C14H15NO2/c1-3-17-14(16)12-9-8-10-6-4-5-7-11(10)13(12)15-2/h4-9,12H,3H2,1-2H3. The number of hydrogen-bond acceptors (Lipinski definition) is 3. The molecule has 0 N–H and O–H groups in total. The van der Waals surface area contributed by atoms with Gasteiger partial charge in [0, 0.05) is 12.6 Å². The lowest BCUT2D eigenvalue weighted by Crippen LogP contribution is -2.27. The molecule has 3 nitrogen and oxygen atoms in total. The number of nitrogens with zero attached hydrogens (tertiary/aromatic N) is 1. The van der Waals surface area contributed by atoms with Gasteiger partial charge in [-0.15, -0.1) is 0 Å². The van der Waals surface area contributed by atoms with Crippen molar-refractivity contribution in [2.24, 2.45) is 10.9 Å². The summed E-state index contributed by atoms with van der Waals surface area (Å²) in [6, 6.07) is 7.91. The van der Waals surface area contributed by atoms with Crippen LogP contribution in [0, 0.1) is 5.92 Å². The first-order valence-corrected chi connectivity index (χ1v) is 5.68. The Balaban J connectivity index is 2.39. The molecule has 0 heterocycles. The first-order chi connectivity index (χ1) is 8.27. The van der Waals surface area contributed by atoms with E-state index in [2.05, 4.69) is 4.99 Å². The molecule has 1 aromatic rings. The van der Waals surface area contributed by atoms with Crippen LogP contribution in [-0.4, -0.2) is 25.3 Å². The van der Waals surface area contributed by atoms with Crippen LogP contribution in [-0.2, 0) is 9.53 Å². The molecule has 0 saturated carbocycles. The zero-order valence-corrected chi connectivity index (χ0v) is 10.0. The Morgan fingerprint density at radius 3 is 2.88 bits per heavy atom. The van der Waals surface area contributed by atoms with E-state index in [0.29, 0.717) is 6.61 Å². The normalized spacial score (nSPS) is 20.1. The smallest absolute Gasteiger partial charge is 0.318 e. The molecule has 0 radical (unpaired) electrons. The van der Waals surface area contributed by atoms with Crippen LogP contribution in [0.2, 0.25) is 0 Å². The van der Waals surface area contributed by atoms with E-state index in [9.17, 15) is 4.79 Å². The zero-order valence-electron chi connectivity index (χ0n) is 10.0. The molecule has 1 aliphatic rings. The number of esters is 1. The summed E-state index contributed by atoms with van der Waals surface area (Å²) in [7, 11) is 1.71. The van der Waals surface area contributed by atoms with Crippen molar-refractivity contribution in [1.82, 2.24) is 0 Å². The number of ether oxygens (including phenoxy) is 1. The van der Waals surface area contributed by atoms with E-state index < -0.39 is 0 Å². The van der Waals surface area contributed by atoms with Gasteiger partial charge in [0.05, 0.1) is 12.3 Å². The van der Waals surface area contributed by atoms with Crippen LogP contribution >= 0.6 is 0 Å². The lowest BCUT2D eigenvalue weighted by Gasteiger charge is -2.20. The van der Waals surface area contributed by atoms with Crippen LogP contribution in [0.5, 0.6) is 0 Å². The summed E-state index contributed by atoms with van der Waals surface area (Å²) in [5.74, 6) is -0.617. The van der Waals surface area contributed by atoms with Crippen LogP contribution in [0.3, 0.4) is 0 Å². The number of carbonyl (C=O) groups excluding carboxylic acids is 1. The molecule has 1 aliphatic carbocycles. The third-order valence-corrected chi connectivity index (χ3v) is 2.78. The molecule has 0 fully saturated rings. The van der Waals surface area contributed by atoms with Crippen LogP contribution in [0.25, 0.3) is 6.08 Å². The predicted molar refractivity (Wildman–Crippen MR) is 68.1 cm³/mol. The van der Waals surface area contributed by atoms with Gasteiger partial charge in [-0.25, -0.2) is 0 Å². The van der Waals surface area contributed by atoms with Crippen molar-refractivity contribution < 1.29 is 9.53 Å². The monoisotopic (exact) mass is 229 g/mol. The fourth-order valence-corrected chi connectivity index (χ4v) is 2.02. The SMILES string of the molecule is CCOC(=O)C1C=Cc2ccccc2C1=NC. The van der Waals surface area contributed by atoms with Crippen molar-refractivity contribution in [1.29, 1.82) is 0 Å². The first-order valence-electron chi connectivity index (χ1n) is 5.68. The molecule has 1 aromatic carbocycles. The van der Waals surface area contributed by atoms with E-state index in [1.165, 1.54) is 0 Å². The maximum atomic E-state index is 11.8. The van der Waals surface area contributed by atoms with Crippen molar-refractivity contribution in [2.75, 3.05) is 13.7 Å². The van der Waals surface area contributed by atoms with Crippen molar-refractivity contribution in [3.63, 3.8) is 0 Å². The summed E-state index contributed by atoms with van der Waals surface area (Å²) in [6.45, 7) is 2.20. The number of aliphatic imine (C=N–C) groups is 1. The number of rotatable bonds is 2. The van der Waals surface area contributed by atoms with Gasteiger partial charge in [0.2, 0.25) is 0 Å². The van der Waals surface area contributed by atoms with E-state index in [-0.39, 0.29) is 11.9 Å². The molecular weight excluding hydrogens is 214 g/mol. The van der Waals surface area contributed by atoms with Gasteiger partial charge in [-0.2, -0.15) is 0 Å². The summed E-state index contributed by atoms with van der Waals surface area (Å²) in [6.07, 6.45) is 3.80. The third-order valence-electron chi connectivity index (χ3n) is 2.78. The highest BCUT2D eigenvalue weighted by molar-refractivity contribution is 6.16. The van der Waals surface area contributed by atoms with Crippen molar-refractivity contribution in [3.05, 3.63) is 41.5 Å². The lowest BCUT2D eigenvalue weighted by molar-refractivity contribution is -0.144. The van der Waals surface area contributed by atoms with Gasteiger partial charge in [0.25, 0.3) is 0 Å². The lowest BCUT2D eigenvalue weighted by atomic mass is 9.87. The van der Waals surface area contributed by atoms with Crippen LogP contribution < -0.4 is 0 Å². The van der Waals surface area contributed by atoms with Gasteiger partial charge >= 0.3 is 5.97 Å². The molecule has 17 heavy (non-hydrogen) atoms. The maximum Gasteiger partial charge on any atom is 0.318 e. The Morgan fingerprint density at radius 1 is 1.41 bits per heavy atom. The summed E-state index contributed by atoms with van der Waals surface area (Å²) in [5, 5.41) is 0. The topological polar surface area (TPSA) is 38.7 Å². The van der Waals surface area contributed by atoms with Crippen LogP contribution in [0.1, 0.15) is 18.1 Å². The minimum Gasteiger partial charge on any atom is -0.465 e. The first kappa shape index (κ1) is 11.6. The highest BCUT2D eigenvalue weighted by Crippen LogP contribution is 2.24. The fourth-order valence-electron chi connectivity index (χ4n) is 2.02. The van der Waals surface area contributed by atoms with Crippen molar-refractivity contribution in [2.45, 2.75) is 6.92 Å². The molecule has 0 aliphatic heterocycles. The van der Waals surface area contributed by atoms with Gasteiger partial charge in [-0.1, -0.05) is 36.4 Å². The van der Waals surface area contributed by atoms with Gasteiger partial charge in [0.1, 0.15) is 5.92 Å². The van der Waals surface area contributed by atoms with E-state index >= 15 is 0 Å². The number of hydrogen-bond donors (Lipinski definition) is 0. The molecule has 0 saturated heterocycles. The quantitative estimate of drug-likeness (QED) is 0.730. The van der Waals surface area contributed by atoms with Gasteiger partial charge in [-0.05, 0) is 12.5 Å². The minimum atomic E-state index is -0.380. The molecule has 0 aromatic heterocycles. The largest absolute Gasteiger partial charge is 0.465 e. The van der Waals surface area contributed by atoms with E-state index in [4.69, 9.17) is 4.74 Å². The Hall–Kier alpha value is -1.90. The van der Waals surface area contributed by atoms with E-state index in [1.54, 1.807) is 14.0 Å². The molecule has 88 valence electrons. The fraction of sp³-hybridized carbons (Fsp3) is 0.286. The molecule has 3 heteroatoms. The number of benzene rings is 1. The van der Waals surface area contributed by atoms with Crippen molar-refractivity contribution in [3.8, 4) is 0 Å². The van der Waals surface area contributed by atoms with E-state index in [0.717, 1.165) is 16.8 Å².